The van der Waals surface area contributed by atoms with Gasteiger partial charge in [-0.2, -0.15) is 0 Å². The van der Waals surface area contributed by atoms with Crippen molar-refractivity contribution in [2.24, 2.45) is 5.92 Å². The molecular formula is C49H52N4O8. The normalized spacial score (nSPS) is 14.9. The highest BCUT2D eigenvalue weighted by molar-refractivity contribution is 5.94. The van der Waals surface area contributed by atoms with E-state index in [1.54, 1.807) is 72.8 Å². The van der Waals surface area contributed by atoms with Crippen LogP contribution in [0, 0.1) is 5.92 Å². The van der Waals surface area contributed by atoms with Gasteiger partial charge < -0.3 is 40.4 Å². The maximum absolute atomic E-state index is 13.8. The number of carbonyl (C=O) groups excluding carboxylic acids is 2. The smallest absolute Gasteiger partial charge is 0.347 e. The third-order valence-electron chi connectivity index (χ3n) is 11.2. The number of aliphatic hydroxyl groups excluding tert-OH is 1. The summed E-state index contributed by atoms with van der Waals surface area (Å²) < 4.78 is 11.8. The second-order valence-electron chi connectivity index (χ2n) is 15.5. The number of hydrogen-bond acceptors (Lipinski definition) is 10. The number of piperidine rings is 1. The van der Waals surface area contributed by atoms with Gasteiger partial charge in [0.2, 0.25) is 11.2 Å². The average molecular weight is 825 g/mol. The SMILES string of the molecule is O=C(NCCOc1cccc(C(O)(C(=O)OCC2CCN(Cc3ccccc3)CC2)c2ccccc2)c1)c1ccc(CCNC[C@H](O)c2ccc(O)c3[nH]c(=O)ccc23)cc1. The Labute approximate surface area is 354 Å². The van der Waals surface area contributed by atoms with Crippen LogP contribution in [0.3, 0.4) is 0 Å². The number of aromatic amines is 1. The van der Waals surface area contributed by atoms with Crippen LogP contribution in [0.1, 0.15) is 57.1 Å². The van der Waals surface area contributed by atoms with E-state index in [-0.39, 0.29) is 55.0 Å². The van der Waals surface area contributed by atoms with Crippen molar-refractivity contribution in [3.63, 3.8) is 0 Å². The highest BCUT2D eigenvalue weighted by Gasteiger charge is 2.42. The number of hydrogen-bond donors (Lipinski definition) is 6. The van der Waals surface area contributed by atoms with Gasteiger partial charge in [-0.25, -0.2) is 4.79 Å². The molecule has 12 heteroatoms. The number of likely N-dealkylation sites (tertiary alicyclic amines) is 1. The van der Waals surface area contributed by atoms with Crippen LogP contribution in [0.5, 0.6) is 11.5 Å². The Morgan fingerprint density at radius 3 is 2.30 bits per heavy atom. The van der Waals surface area contributed by atoms with Gasteiger partial charge >= 0.3 is 5.97 Å². The van der Waals surface area contributed by atoms with Crippen molar-refractivity contribution < 1.29 is 34.4 Å². The molecule has 1 unspecified atom stereocenters. The third-order valence-corrected chi connectivity index (χ3v) is 11.2. The Balaban J connectivity index is 0.860. The van der Waals surface area contributed by atoms with Crippen molar-refractivity contribution in [2.45, 2.75) is 37.5 Å². The predicted molar refractivity (Wildman–Crippen MR) is 233 cm³/mol. The summed E-state index contributed by atoms with van der Waals surface area (Å²) >= 11 is 0. The fourth-order valence-electron chi connectivity index (χ4n) is 7.73. The number of pyridine rings is 1. The van der Waals surface area contributed by atoms with E-state index >= 15 is 0 Å². The molecule has 61 heavy (non-hydrogen) atoms. The van der Waals surface area contributed by atoms with Crippen LogP contribution in [0.25, 0.3) is 10.9 Å². The minimum Gasteiger partial charge on any atom is -0.506 e. The number of esters is 1. The van der Waals surface area contributed by atoms with E-state index in [2.05, 4.69) is 44.8 Å². The van der Waals surface area contributed by atoms with Gasteiger partial charge in [-0.05, 0) is 103 Å². The highest BCUT2D eigenvalue weighted by Crippen LogP contribution is 2.34. The molecule has 1 fully saturated rings. The van der Waals surface area contributed by atoms with Gasteiger partial charge in [-0.1, -0.05) is 91.0 Å². The van der Waals surface area contributed by atoms with Crippen molar-refractivity contribution in [3.05, 3.63) is 177 Å². The van der Waals surface area contributed by atoms with E-state index < -0.39 is 17.7 Å². The van der Waals surface area contributed by atoms with Gasteiger partial charge in [0.15, 0.2) is 0 Å². The summed E-state index contributed by atoms with van der Waals surface area (Å²) in [5.41, 5.74) is 1.98. The molecular weight excluding hydrogens is 773 g/mol. The van der Waals surface area contributed by atoms with Crippen LogP contribution >= 0.6 is 0 Å². The van der Waals surface area contributed by atoms with Crippen LogP contribution in [0.4, 0.5) is 0 Å². The molecule has 1 aliphatic rings. The molecule has 6 aromatic rings. The number of benzene rings is 5. The minimum atomic E-state index is -2.06. The molecule has 1 aliphatic heterocycles. The van der Waals surface area contributed by atoms with E-state index in [4.69, 9.17) is 9.47 Å². The van der Waals surface area contributed by atoms with Crippen LogP contribution in [0.15, 0.2) is 138 Å². The van der Waals surface area contributed by atoms with E-state index in [1.807, 2.05) is 24.3 Å². The second-order valence-corrected chi connectivity index (χ2v) is 15.5. The maximum Gasteiger partial charge on any atom is 0.347 e. The number of aliphatic hydroxyl groups is 2. The fourth-order valence-corrected chi connectivity index (χ4v) is 7.73. The summed E-state index contributed by atoms with van der Waals surface area (Å²) in [5, 5.41) is 39.7. The standard InChI is InChI=1S/C49H52N4O8/c54-43-20-18-41(42-19-21-45(56)52-46(42)43)44(55)31-50-25-22-34-14-16-37(17-15-34)47(57)51-26-29-60-40-13-7-12-39(30-40)49(59,38-10-5-2-6-11-38)48(58)61-33-36-23-27-53(28-24-36)32-35-8-3-1-4-9-35/h1-21,30,36,44,50,54-55,59H,22-29,31-33H2,(H,51,57)(H,52,56)/t44-,49?/m0/s1. The van der Waals surface area contributed by atoms with Crippen molar-refractivity contribution in [2.75, 3.05) is 45.9 Å². The first-order valence-corrected chi connectivity index (χ1v) is 20.7. The largest absolute Gasteiger partial charge is 0.506 e. The summed E-state index contributed by atoms with van der Waals surface area (Å²) in [7, 11) is 0. The Morgan fingerprint density at radius 2 is 1.54 bits per heavy atom. The topological polar surface area (TPSA) is 173 Å². The van der Waals surface area contributed by atoms with E-state index in [0.717, 1.165) is 38.0 Å². The van der Waals surface area contributed by atoms with Gasteiger partial charge in [0, 0.05) is 35.7 Å². The number of ether oxygens (including phenoxy) is 2. The number of rotatable bonds is 18. The number of phenolic OH excluding ortho intramolecular Hbond substituents is 1. The van der Waals surface area contributed by atoms with Gasteiger partial charge in [0.25, 0.3) is 5.91 Å². The molecule has 0 spiro atoms. The maximum atomic E-state index is 13.8. The summed E-state index contributed by atoms with van der Waals surface area (Å²) in [6, 6.07) is 39.2. The molecule has 0 aliphatic carbocycles. The molecule has 7 rings (SSSR count). The first-order chi connectivity index (χ1) is 29.7. The lowest BCUT2D eigenvalue weighted by Crippen LogP contribution is -2.40. The molecule has 2 atom stereocenters. The number of amides is 1. The second kappa shape index (κ2) is 20.3. The lowest BCUT2D eigenvalue weighted by molar-refractivity contribution is -0.164. The van der Waals surface area contributed by atoms with Crippen molar-refractivity contribution in [1.82, 2.24) is 20.5 Å². The summed E-state index contributed by atoms with van der Waals surface area (Å²) in [6.45, 7) is 4.16. The minimum absolute atomic E-state index is 0.0596. The zero-order valence-corrected chi connectivity index (χ0v) is 34.0. The van der Waals surface area contributed by atoms with Crippen molar-refractivity contribution >= 4 is 22.8 Å². The molecule has 316 valence electrons. The summed E-state index contributed by atoms with van der Waals surface area (Å²) in [4.78, 5) is 43.5. The number of carbonyl (C=O) groups is 2. The molecule has 6 N–H and O–H groups in total. The van der Waals surface area contributed by atoms with Gasteiger partial charge in [0.1, 0.15) is 18.1 Å². The first-order valence-electron chi connectivity index (χ1n) is 20.7. The Bertz CT molecular complexity index is 2440. The van der Waals surface area contributed by atoms with Crippen molar-refractivity contribution in [3.8, 4) is 11.5 Å². The number of fused-ring (bicyclic) bond motifs is 1. The predicted octanol–water partition coefficient (Wildman–Crippen LogP) is 5.60. The quantitative estimate of drug-likeness (QED) is 0.0474. The first kappa shape index (κ1) is 42.8. The Hall–Kier alpha value is -6.31. The van der Waals surface area contributed by atoms with Crippen LogP contribution in [-0.2, 0) is 28.1 Å². The van der Waals surface area contributed by atoms with Gasteiger partial charge in [0.05, 0.1) is 24.8 Å². The van der Waals surface area contributed by atoms with Crippen LogP contribution in [-0.4, -0.2) is 83.0 Å². The third kappa shape index (κ3) is 10.9. The molecule has 0 radical (unpaired) electrons. The number of H-pyrrole nitrogens is 1. The number of aromatic hydroxyl groups is 1. The monoisotopic (exact) mass is 824 g/mol. The molecule has 1 aromatic heterocycles. The Kier molecular flexibility index (Phi) is 14.2. The summed E-state index contributed by atoms with van der Waals surface area (Å²) in [5.74, 6) is -0.426. The van der Waals surface area contributed by atoms with Gasteiger partial charge in [-0.15, -0.1) is 0 Å². The van der Waals surface area contributed by atoms with Gasteiger partial charge in [-0.3, -0.25) is 14.5 Å². The highest BCUT2D eigenvalue weighted by atomic mass is 16.5. The Morgan fingerprint density at radius 1 is 0.820 bits per heavy atom. The number of phenols is 1. The molecule has 1 amide bonds. The van der Waals surface area contributed by atoms with E-state index in [9.17, 15) is 29.7 Å². The fraction of sp³-hybridized carbons (Fsp3) is 0.286. The van der Waals surface area contributed by atoms with E-state index in [0.29, 0.717) is 46.4 Å². The number of nitrogens with one attached hydrogen (secondary N) is 3. The zero-order valence-electron chi connectivity index (χ0n) is 34.0. The van der Waals surface area contributed by atoms with Crippen LogP contribution < -0.4 is 20.9 Å². The average Bonchev–Trinajstić information content (AvgIpc) is 3.29. The molecule has 0 saturated carbocycles. The van der Waals surface area contributed by atoms with E-state index in [1.165, 1.54) is 17.7 Å². The molecule has 1 saturated heterocycles. The zero-order chi connectivity index (χ0) is 42.6. The van der Waals surface area contributed by atoms with Crippen LogP contribution in [0.2, 0.25) is 0 Å². The number of nitrogens with zero attached hydrogens (tertiary/aromatic N) is 1. The molecule has 5 aromatic carbocycles. The molecule has 0 bridgehead atoms. The van der Waals surface area contributed by atoms with Crippen molar-refractivity contribution in [1.29, 1.82) is 0 Å². The molecule has 12 nitrogen and oxygen atoms in total. The lowest BCUT2D eigenvalue weighted by atomic mass is 9.86. The summed E-state index contributed by atoms with van der Waals surface area (Å²) in [6.07, 6.45) is 1.60. The molecule has 2 heterocycles. The number of aromatic nitrogens is 1. The lowest BCUT2D eigenvalue weighted by Gasteiger charge is -2.33.